The van der Waals surface area contributed by atoms with Crippen LogP contribution in [0.15, 0.2) is 54.6 Å². The van der Waals surface area contributed by atoms with E-state index in [0.717, 1.165) is 12.8 Å². The molecule has 112 valence electrons. The summed E-state index contributed by atoms with van der Waals surface area (Å²) >= 11 is 0. The summed E-state index contributed by atoms with van der Waals surface area (Å²) in [6, 6.07) is 20.6. The van der Waals surface area contributed by atoms with Crippen molar-refractivity contribution in [1.82, 2.24) is 5.32 Å². The Bertz CT molecular complexity index is 533. The van der Waals surface area contributed by atoms with Gasteiger partial charge in [-0.3, -0.25) is 0 Å². The molecule has 2 unspecified atom stereocenters. The van der Waals surface area contributed by atoms with Gasteiger partial charge < -0.3 is 5.32 Å². The molecule has 0 heterocycles. The van der Waals surface area contributed by atoms with Gasteiger partial charge in [0.15, 0.2) is 0 Å². The molecular weight excluding hydrogens is 254 g/mol. The molecule has 0 saturated carbocycles. The van der Waals surface area contributed by atoms with Gasteiger partial charge in [0, 0.05) is 12.1 Å². The molecule has 0 spiro atoms. The monoisotopic (exact) mass is 281 g/mol. The Hall–Kier alpha value is -1.60. The Kier molecular flexibility index (Phi) is 6.01. The van der Waals surface area contributed by atoms with Crippen LogP contribution in [-0.2, 0) is 12.8 Å². The summed E-state index contributed by atoms with van der Waals surface area (Å²) in [4.78, 5) is 0. The van der Waals surface area contributed by atoms with Crippen molar-refractivity contribution in [2.75, 3.05) is 0 Å². The molecule has 0 fully saturated rings. The van der Waals surface area contributed by atoms with Gasteiger partial charge in [0.1, 0.15) is 0 Å². The maximum absolute atomic E-state index is 3.71. The summed E-state index contributed by atoms with van der Waals surface area (Å²) in [7, 11) is 0. The molecule has 2 aromatic carbocycles. The van der Waals surface area contributed by atoms with Crippen LogP contribution in [-0.4, -0.2) is 12.1 Å². The van der Waals surface area contributed by atoms with Gasteiger partial charge in [-0.25, -0.2) is 0 Å². The van der Waals surface area contributed by atoms with E-state index in [2.05, 4.69) is 80.7 Å². The first-order valence-electron chi connectivity index (χ1n) is 7.99. The van der Waals surface area contributed by atoms with E-state index < -0.39 is 0 Å². The maximum atomic E-state index is 3.71. The fraction of sp³-hybridized carbons (Fsp3) is 0.400. The predicted octanol–water partition coefficient (Wildman–Crippen LogP) is 4.54. The Morgan fingerprint density at radius 2 is 1.57 bits per heavy atom. The van der Waals surface area contributed by atoms with Crippen LogP contribution in [0.4, 0.5) is 0 Å². The van der Waals surface area contributed by atoms with Gasteiger partial charge in [0.2, 0.25) is 0 Å². The van der Waals surface area contributed by atoms with Crippen molar-refractivity contribution < 1.29 is 0 Å². The third-order valence-corrected chi connectivity index (χ3v) is 3.90. The average Bonchev–Trinajstić information content (AvgIpc) is 2.46. The normalized spacial score (nSPS) is 13.9. The zero-order valence-electron chi connectivity index (χ0n) is 13.5. The molecule has 2 rings (SSSR count). The molecule has 21 heavy (non-hydrogen) atoms. The van der Waals surface area contributed by atoms with Crippen molar-refractivity contribution in [2.45, 2.75) is 52.1 Å². The van der Waals surface area contributed by atoms with Crippen molar-refractivity contribution >= 4 is 0 Å². The van der Waals surface area contributed by atoms with Crippen LogP contribution in [0.3, 0.4) is 0 Å². The lowest BCUT2D eigenvalue weighted by Crippen LogP contribution is -2.36. The van der Waals surface area contributed by atoms with Gasteiger partial charge in [0.25, 0.3) is 0 Å². The van der Waals surface area contributed by atoms with Crippen LogP contribution in [0.25, 0.3) is 0 Å². The van der Waals surface area contributed by atoms with Gasteiger partial charge >= 0.3 is 0 Å². The van der Waals surface area contributed by atoms with Crippen molar-refractivity contribution in [3.05, 3.63) is 71.3 Å². The Labute approximate surface area is 129 Å². The van der Waals surface area contributed by atoms with Crippen LogP contribution in [0.2, 0.25) is 0 Å². The molecule has 1 nitrogen and oxygen atoms in total. The highest BCUT2D eigenvalue weighted by molar-refractivity contribution is 5.22. The lowest BCUT2D eigenvalue weighted by atomic mass is 10.0. The van der Waals surface area contributed by atoms with Crippen LogP contribution in [0.5, 0.6) is 0 Å². The molecule has 0 aliphatic heterocycles. The zero-order valence-corrected chi connectivity index (χ0v) is 13.5. The summed E-state index contributed by atoms with van der Waals surface area (Å²) in [5.74, 6) is 0. The highest BCUT2D eigenvalue weighted by Crippen LogP contribution is 2.09. The van der Waals surface area contributed by atoms with E-state index >= 15 is 0 Å². The fourth-order valence-electron chi connectivity index (χ4n) is 2.85. The lowest BCUT2D eigenvalue weighted by molar-refractivity contribution is 0.444. The molecule has 0 amide bonds. The second-order valence-electron chi connectivity index (χ2n) is 6.19. The van der Waals surface area contributed by atoms with Gasteiger partial charge in [0.05, 0.1) is 0 Å². The average molecular weight is 281 g/mol. The number of benzene rings is 2. The van der Waals surface area contributed by atoms with E-state index in [1.807, 2.05) is 0 Å². The highest BCUT2D eigenvalue weighted by atomic mass is 14.9. The predicted molar refractivity (Wildman–Crippen MR) is 91.7 cm³/mol. The molecule has 0 bridgehead atoms. The standard InChI is InChI=1S/C20H27N/c1-16-8-7-11-20(14-16)13-12-17(2)21-18(3)15-19-9-5-4-6-10-19/h4-11,14,17-18,21H,12-13,15H2,1-3H3. The lowest BCUT2D eigenvalue weighted by Gasteiger charge is -2.20. The highest BCUT2D eigenvalue weighted by Gasteiger charge is 2.08. The third kappa shape index (κ3) is 5.73. The maximum Gasteiger partial charge on any atom is 0.00816 e. The number of nitrogens with one attached hydrogen (secondary N) is 1. The summed E-state index contributed by atoms with van der Waals surface area (Å²) in [5, 5.41) is 3.71. The van der Waals surface area contributed by atoms with Crippen molar-refractivity contribution in [1.29, 1.82) is 0 Å². The van der Waals surface area contributed by atoms with Gasteiger partial charge in [-0.2, -0.15) is 0 Å². The second-order valence-corrected chi connectivity index (χ2v) is 6.19. The first-order chi connectivity index (χ1) is 10.1. The summed E-state index contributed by atoms with van der Waals surface area (Å²) in [6.45, 7) is 6.72. The van der Waals surface area contributed by atoms with E-state index in [4.69, 9.17) is 0 Å². The first-order valence-corrected chi connectivity index (χ1v) is 7.99. The first kappa shape index (κ1) is 15.8. The van der Waals surface area contributed by atoms with E-state index in [9.17, 15) is 0 Å². The quantitative estimate of drug-likeness (QED) is 0.786. The van der Waals surface area contributed by atoms with Crippen molar-refractivity contribution in [3.8, 4) is 0 Å². The van der Waals surface area contributed by atoms with E-state index in [1.165, 1.54) is 23.1 Å². The molecule has 2 atom stereocenters. The van der Waals surface area contributed by atoms with Gasteiger partial charge in [-0.1, -0.05) is 60.2 Å². The molecule has 0 saturated heterocycles. The second kappa shape index (κ2) is 7.99. The minimum Gasteiger partial charge on any atom is -0.311 e. The number of hydrogen-bond acceptors (Lipinski definition) is 1. The van der Waals surface area contributed by atoms with Crippen molar-refractivity contribution in [3.63, 3.8) is 0 Å². The van der Waals surface area contributed by atoms with Crippen LogP contribution >= 0.6 is 0 Å². The summed E-state index contributed by atoms with van der Waals surface area (Å²) < 4.78 is 0. The SMILES string of the molecule is Cc1cccc(CCC(C)NC(C)Cc2ccccc2)c1. The van der Waals surface area contributed by atoms with Crippen molar-refractivity contribution in [2.24, 2.45) is 0 Å². The molecule has 0 radical (unpaired) electrons. The van der Waals surface area contributed by atoms with Crippen LogP contribution < -0.4 is 5.32 Å². The summed E-state index contributed by atoms with van der Waals surface area (Å²) in [6.07, 6.45) is 3.42. The summed E-state index contributed by atoms with van der Waals surface area (Å²) in [5.41, 5.74) is 4.20. The number of hydrogen-bond donors (Lipinski definition) is 1. The van der Waals surface area contributed by atoms with Gasteiger partial charge in [-0.15, -0.1) is 0 Å². The minimum absolute atomic E-state index is 0.514. The van der Waals surface area contributed by atoms with Gasteiger partial charge in [-0.05, 0) is 51.2 Å². The molecule has 1 heteroatoms. The third-order valence-electron chi connectivity index (χ3n) is 3.90. The fourth-order valence-corrected chi connectivity index (χ4v) is 2.85. The Morgan fingerprint density at radius 3 is 2.29 bits per heavy atom. The zero-order chi connectivity index (χ0) is 15.1. The molecule has 0 aliphatic carbocycles. The Balaban J connectivity index is 1.75. The largest absolute Gasteiger partial charge is 0.311 e. The van der Waals surface area contributed by atoms with Crippen LogP contribution in [0, 0.1) is 6.92 Å². The molecular formula is C20H27N. The topological polar surface area (TPSA) is 12.0 Å². The number of rotatable bonds is 7. The molecule has 0 aromatic heterocycles. The Morgan fingerprint density at radius 1 is 0.857 bits per heavy atom. The number of aryl methyl sites for hydroxylation is 2. The van der Waals surface area contributed by atoms with E-state index in [0.29, 0.717) is 12.1 Å². The minimum atomic E-state index is 0.514. The molecule has 0 aliphatic rings. The van der Waals surface area contributed by atoms with E-state index in [-0.39, 0.29) is 0 Å². The van der Waals surface area contributed by atoms with Crippen LogP contribution in [0.1, 0.15) is 37.0 Å². The molecule has 1 N–H and O–H groups in total. The molecule has 2 aromatic rings. The van der Waals surface area contributed by atoms with E-state index in [1.54, 1.807) is 0 Å². The smallest absolute Gasteiger partial charge is 0.00816 e.